The maximum atomic E-state index is 13.2. The molecule has 5 heteroatoms. The SMILES string of the molecule is Cc1ccc(-n2nc(-c3ccco3)cc2C(=O)N[C@@H](C)c2ccccc2)c(C)c1. The van der Waals surface area contributed by atoms with Gasteiger partial charge in [0, 0.05) is 6.07 Å². The van der Waals surface area contributed by atoms with Crippen LogP contribution in [0.2, 0.25) is 0 Å². The number of hydrogen-bond donors (Lipinski definition) is 1. The van der Waals surface area contributed by atoms with Crippen molar-refractivity contribution < 1.29 is 9.21 Å². The van der Waals surface area contributed by atoms with Gasteiger partial charge in [0.25, 0.3) is 5.91 Å². The molecule has 146 valence electrons. The van der Waals surface area contributed by atoms with Crippen LogP contribution in [0, 0.1) is 13.8 Å². The standard InChI is InChI=1S/C24H23N3O2/c1-16-11-12-21(17(2)14-16)27-22(15-20(26-27)23-10-7-13-29-23)24(28)25-18(3)19-8-5-4-6-9-19/h4-15,18H,1-3H3,(H,25,28)/t18-/m0/s1. The maximum Gasteiger partial charge on any atom is 0.270 e. The average Bonchev–Trinajstić information content (AvgIpc) is 3.38. The smallest absolute Gasteiger partial charge is 0.270 e. The first-order chi connectivity index (χ1) is 14.0. The lowest BCUT2D eigenvalue weighted by Crippen LogP contribution is -2.28. The lowest BCUT2D eigenvalue weighted by atomic mass is 10.1. The maximum absolute atomic E-state index is 13.2. The lowest BCUT2D eigenvalue weighted by molar-refractivity contribution is 0.0932. The van der Waals surface area contributed by atoms with Crippen LogP contribution >= 0.6 is 0 Å². The van der Waals surface area contributed by atoms with Gasteiger partial charge in [-0.3, -0.25) is 4.79 Å². The second kappa shape index (κ2) is 7.80. The second-order valence-corrected chi connectivity index (χ2v) is 7.20. The summed E-state index contributed by atoms with van der Waals surface area (Å²) in [6, 6.07) is 21.3. The fourth-order valence-corrected chi connectivity index (χ4v) is 3.41. The molecule has 2 heterocycles. The molecule has 0 fully saturated rings. The Bertz CT molecular complexity index is 1130. The van der Waals surface area contributed by atoms with E-state index in [9.17, 15) is 4.79 Å². The summed E-state index contributed by atoms with van der Waals surface area (Å²) in [5, 5.41) is 7.76. The van der Waals surface area contributed by atoms with Gasteiger partial charge in [-0.25, -0.2) is 4.68 Å². The Labute approximate surface area is 170 Å². The van der Waals surface area contributed by atoms with E-state index in [0.717, 1.165) is 22.4 Å². The highest BCUT2D eigenvalue weighted by molar-refractivity contribution is 5.94. The lowest BCUT2D eigenvalue weighted by Gasteiger charge is -2.15. The molecule has 4 aromatic rings. The molecule has 2 aromatic heterocycles. The van der Waals surface area contributed by atoms with E-state index in [1.54, 1.807) is 17.0 Å². The zero-order chi connectivity index (χ0) is 20.4. The Kier molecular flexibility index (Phi) is 5.04. The number of carbonyl (C=O) groups excluding carboxylic acids is 1. The zero-order valence-corrected chi connectivity index (χ0v) is 16.7. The Balaban J connectivity index is 1.74. The van der Waals surface area contributed by atoms with E-state index >= 15 is 0 Å². The first-order valence-electron chi connectivity index (χ1n) is 9.60. The summed E-state index contributed by atoms with van der Waals surface area (Å²) >= 11 is 0. The van der Waals surface area contributed by atoms with E-state index in [2.05, 4.69) is 16.5 Å². The minimum Gasteiger partial charge on any atom is -0.463 e. The van der Waals surface area contributed by atoms with E-state index in [-0.39, 0.29) is 11.9 Å². The van der Waals surface area contributed by atoms with Crippen molar-refractivity contribution >= 4 is 5.91 Å². The molecule has 5 nitrogen and oxygen atoms in total. The molecule has 0 saturated carbocycles. The number of amides is 1. The van der Waals surface area contributed by atoms with Gasteiger partial charge in [0.1, 0.15) is 11.4 Å². The van der Waals surface area contributed by atoms with Crippen molar-refractivity contribution in [3.8, 4) is 17.1 Å². The molecule has 4 rings (SSSR count). The van der Waals surface area contributed by atoms with Crippen LogP contribution in [-0.4, -0.2) is 15.7 Å². The van der Waals surface area contributed by atoms with Crippen LogP contribution in [0.4, 0.5) is 0 Å². The van der Waals surface area contributed by atoms with Gasteiger partial charge in [-0.2, -0.15) is 5.10 Å². The van der Waals surface area contributed by atoms with E-state index in [1.807, 2.05) is 75.4 Å². The van der Waals surface area contributed by atoms with Gasteiger partial charge < -0.3 is 9.73 Å². The summed E-state index contributed by atoms with van der Waals surface area (Å²) in [5.74, 6) is 0.435. The zero-order valence-electron chi connectivity index (χ0n) is 16.7. The molecule has 0 aliphatic carbocycles. The van der Waals surface area contributed by atoms with Crippen molar-refractivity contribution in [2.24, 2.45) is 0 Å². The highest BCUT2D eigenvalue weighted by atomic mass is 16.3. The summed E-state index contributed by atoms with van der Waals surface area (Å²) in [6.45, 7) is 6.03. The minimum atomic E-state index is -0.188. The predicted octanol–water partition coefficient (Wildman–Crippen LogP) is 5.24. The van der Waals surface area contributed by atoms with Crippen molar-refractivity contribution in [1.29, 1.82) is 0 Å². The number of nitrogens with zero attached hydrogens (tertiary/aromatic N) is 2. The molecule has 1 amide bonds. The van der Waals surface area contributed by atoms with Crippen LogP contribution in [0.1, 0.15) is 40.1 Å². The molecule has 0 unspecified atom stereocenters. The highest BCUT2D eigenvalue weighted by Crippen LogP contribution is 2.25. The minimum absolute atomic E-state index is 0.127. The van der Waals surface area contributed by atoms with Crippen molar-refractivity contribution in [3.05, 3.63) is 95.4 Å². The molecular weight excluding hydrogens is 362 g/mol. The molecule has 0 saturated heterocycles. The number of furan rings is 1. The van der Waals surface area contributed by atoms with Crippen LogP contribution in [0.15, 0.2) is 77.4 Å². The molecular formula is C24H23N3O2. The van der Waals surface area contributed by atoms with Crippen LogP contribution in [0.25, 0.3) is 17.1 Å². The third-order valence-electron chi connectivity index (χ3n) is 4.94. The van der Waals surface area contributed by atoms with Crippen molar-refractivity contribution in [2.45, 2.75) is 26.8 Å². The summed E-state index contributed by atoms with van der Waals surface area (Å²) < 4.78 is 7.19. The van der Waals surface area contributed by atoms with E-state index in [0.29, 0.717) is 17.1 Å². The van der Waals surface area contributed by atoms with Crippen molar-refractivity contribution in [2.75, 3.05) is 0 Å². The molecule has 2 aromatic carbocycles. The van der Waals surface area contributed by atoms with E-state index in [1.165, 1.54) is 0 Å². The van der Waals surface area contributed by atoms with E-state index in [4.69, 9.17) is 4.42 Å². The summed E-state index contributed by atoms with van der Waals surface area (Å²) in [6.07, 6.45) is 1.60. The van der Waals surface area contributed by atoms with Gasteiger partial charge in [-0.1, -0.05) is 48.0 Å². The van der Waals surface area contributed by atoms with Gasteiger partial charge >= 0.3 is 0 Å². The number of hydrogen-bond acceptors (Lipinski definition) is 3. The topological polar surface area (TPSA) is 60.1 Å². The quantitative estimate of drug-likeness (QED) is 0.511. The Morgan fingerprint density at radius 2 is 1.83 bits per heavy atom. The summed E-state index contributed by atoms with van der Waals surface area (Å²) in [7, 11) is 0. The van der Waals surface area contributed by atoms with Crippen LogP contribution in [-0.2, 0) is 0 Å². The fourth-order valence-electron chi connectivity index (χ4n) is 3.41. The van der Waals surface area contributed by atoms with Gasteiger partial charge in [0.05, 0.1) is 18.0 Å². The Hall–Kier alpha value is -3.60. The molecule has 29 heavy (non-hydrogen) atoms. The molecule has 0 radical (unpaired) electrons. The van der Waals surface area contributed by atoms with Crippen LogP contribution in [0.5, 0.6) is 0 Å². The Morgan fingerprint density at radius 1 is 1.03 bits per heavy atom. The number of rotatable bonds is 5. The van der Waals surface area contributed by atoms with Gasteiger partial charge in [-0.05, 0) is 50.1 Å². The summed E-state index contributed by atoms with van der Waals surface area (Å²) in [4.78, 5) is 13.2. The normalized spacial score (nSPS) is 12.0. The third kappa shape index (κ3) is 3.85. The first kappa shape index (κ1) is 18.7. The van der Waals surface area contributed by atoms with E-state index < -0.39 is 0 Å². The number of aromatic nitrogens is 2. The first-order valence-corrected chi connectivity index (χ1v) is 9.60. The fraction of sp³-hybridized carbons (Fsp3) is 0.167. The number of aryl methyl sites for hydroxylation is 2. The number of carbonyl (C=O) groups is 1. The van der Waals surface area contributed by atoms with Crippen LogP contribution in [0.3, 0.4) is 0 Å². The van der Waals surface area contributed by atoms with Gasteiger partial charge in [0.15, 0.2) is 5.76 Å². The molecule has 0 aliphatic rings. The van der Waals surface area contributed by atoms with Gasteiger partial charge in [-0.15, -0.1) is 0 Å². The second-order valence-electron chi connectivity index (χ2n) is 7.20. The Morgan fingerprint density at radius 3 is 2.52 bits per heavy atom. The third-order valence-corrected chi connectivity index (χ3v) is 4.94. The monoisotopic (exact) mass is 385 g/mol. The molecule has 1 atom stereocenters. The molecule has 1 N–H and O–H groups in total. The van der Waals surface area contributed by atoms with Crippen LogP contribution < -0.4 is 5.32 Å². The van der Waals surface area contributed by atoms with Gasteiger partial charge in [0.2, 0.25) is 0 Å². The highest BCUT2D eigenvalue weighted by Gasteiger charge is 2.21. The predicted molar refractivity (Wildman–Crippen MR) is 113 cm³/mol. The number of nitrogens with one attached hydrogen (secondary N) is 1. The van der Waals surface area contributed by atoms with Crippen molar-refractivity contribution in [3.63, 3.8) is 0 Å². The molecule has 0 aliphatic heterocycles. The van der Waals surface area contributed by atoms with Crippen molar-refractivity contribution in [1.82, 2.24) is 15.1 Å². The average molecular weight is 385 g/mol. The largest absolute Gasteiger partial charge is 0.463 e. The molecule has 0 spiro atoms. The summed E-state index contributed by atoms with van der Waals surface area (Å²) in [5.41, 5.74) is 5.20. The molecule has 0 bridgehead atoms. The number of benzene rings is 2.